The van der Waals surface area contributed by atoms with Crippen LogP contribution in [-0.2, 0) is 14.8 Å². The van der Waals surface area contributed by atoms with Gasteiger partial charge in [-0.2, -0.15) is 4.98 Å². The lowest BCUT2D eigenvalue weighted by Crippen LogP contribution is -2.37. The Bertz CT molecular complexity index is 1430. The zero-order valence-electron chi connectivity index (χ0n) is 22.1. The van der Waals surface area contributed by atoms with E-state index in [9.17, 15) is 23.1 Å². The van der Waals surface area contributed by atoms with E-state index < -0.39 is 21.8 Å². The molecule has 3 aliphatic heterocycles. The first kappa shape index (κ1) is 28.6. The number of hydrogen-bond acceptors (Lipinski definition) is 8. The van der Waals surface area contributed by atoms with E-state index in [0.717, 1.165) is 33.9 Å². The molecule has 2 atom stereocenters. The summed E-state index contributed by atoms with van der Waals surface area (Å²) in [6, 6.07) is 6.29. The third-order valence-electron chi connectivity index (χ3n) is 6.81. The number of carbonyl (C=O) groups excluding carboxylic acids is 1. The molecule has 0 radical (unpaired) electrons. The highest BCUT2D eigenvalue weighted by Crippen LogP contribution is 2.40. The van der Waals surface area contributed by atoms with E-state index in [1.165, 1.54) is 39.8 Å². The van der Waals surface area contributed by atoms with Crippen molar-refractivity contribution in [3.05, 3.63) is 50.9 Å². The molecule has 1 aromatic rings. The van der Waals surface area contributed by atoms with E-state index in [-0.39, 0.29) is 22.7 Å². The number of amides is 1. The minimum Gasteiger partial charge on any atom is -0.391 e. The summed E-state index contributed by atoms with van der Waals surface area (Å²) >= 11 is 2.91. The lowest BCUT2D eigenvalue weighted by atomic mass is 10.2. The number of β-amino-alcohol motifs (C(OH)–C–C–N with tert-alkyl or cyclic N) is 1. The van der Waals surface area contributed by atoms with E-state index in [0.29, 0.717) is 36.5 Å². The highest BCUT2D eigenvalue weighted by molar-refractivity contribution is 8.01. The molecule has 3 aliphatic rings. The number of imidazole rings is 1. The molecule has 0 saturated carbocycles. The van der Waals surface area contributed by atoms with Crippen molar-refractivity contribution in [2.75, 3.05) is 17.0 Å². The number of nitrogens with zero attached hydrogens (tertiary/aromatic N) is 3. The van der Waals surface area contributed by atoms with Crippen molar-refractivity contribution in [2.45, 2.75) is 81.0 Å². The molecule has 1 amide bonds. The van der Waals surface area contributed by atoms with Crippen LogP contribution in [0.5, 0.6) is 0 Å². The fourth-order valence-corrected chi connectivity index (χ4v) is 8.20. The van der Waals surface area contributed by atoms with Gasteiger partial charge in [-0.1, -0.05) is 37.5 Å². The Balaban J connectivity index is 1.63. The van der Waals surface area contributed by atoms with Crippen molar-refractivity contribution in [2.24, 2.45) is 0 Å². The number of aliphatic hydroxyl groups excluding tert-OH is 1. The molecule has 1 aromatic carbocycles. The second-order valence-electron chi connectivity index (χ2n) is 9.73. The summed E-state index contributed by atoms with van der Waals surface area (Å²) in [5.74, 6) is 0.540. The Morgan fingerprint density at radius 2 is 1.92 bits per heavy atom. The maximum absolute atomic E-state index is 13.1. The van der Waals surface area contributed by atoms with Gasteiger partial charge in [-0.25, -0.2) is 13.2 Å². The summed E-state index contributed by atoms with van der Waals surface area (Å²) in [5, 5.41) is 10.3. The first-order chi connectivity index (χ1) is 18.0. The molecule has 1 saturated heterocycles. The number of benzene rings is 1. The fraction of sp³-hybridized carbons (Fsp3) is 0.500. The van der Waals surface area contributed by atoms with Crippen molar-refractivity contribution >= 4 is 44.8 Å². The average Bonchev–Trinajstić information content (AvgIpc) is 3.39. The number of likely N-dealkylation sites (tertiary alicyclic amines) is 1. The number of thioether (sulfide) groups is 1. The number of nitrogens with one attached hydrogen (secondary N) is 1. The summed E-state index contributed by atoms with van der Waals surface area (Å²) in [5.41, 5.74) is 1.47. The van der Waals surface area contributed by atoms with E-state index >= 15 is 0 Å². The van der Waals surface area contributed by atoms with Crippen LogP contribution in [0.3, 0.4) is 0 Å². The number of aliphatic hydroxyl groups is 1. The fourth-order valence-electron chi connectivity index (χ4n) is 4.59. The normalized spacial score (nSPS) is 17.9. The number of sulfonamides is 1. The van der Waals surface area contributed by atoms with Crippen LogP contribution < -0.4 is 10.4 Å². The SMILES string of the molecule is CCCCCC(=O)N1C[C@H](O)C[C@H]1CSc1sc(C)c(C)n2c(=O)nc(NS(=O)(=O)c3ccc(C)cc3)c1-2. The molecule has 9 nitrogen and oxygen atoms in total. The predicted octanol–water partition coefficient (Wildman–Crippen LogP) is 4.09. The maximum Gasteiger partial charge on any atom is 0.354 e. The van der Waals surface area contributed by atoms with Crippen molar-refractivity contribution in [1.82, 2.24) is 14.5 Å². The van der Waals surface area contributed by atoms with E-state index in [2.05, 4.69) is 16.6 Å². The predicted molar refractivity (Wildman–Crippen MR) is 151 cm³/mol. The standard InChI is InChI=1S/C26H34N4O5S3/c1-5-6-7-8-22(32)29-14-20(31)13-19(29)15-36-25-23-24(27-26(33)30(23)17(3)18(4)37-25)28-38(34,35)21-11-9-16(2)10-12-21/h9-12,19-20,31H,5-8,13-15H2,1-4H3,(H,27,28,33)/t19-,20+/m0/s1. The molecule has 0 bridgehead atoms. The Morgan fingerprint density at radius 1 is 1.21 bits per heavy atom. The number of hydrogen-bond donors (Lipinski definition) is 2. The highest BCUT2D eigenvalue weighted by atomic mass is 32.2. The van der Waals surface area contributed by atoms with E-state index in [4.69, 9.17) is 0 Å². The second-order valence-corrected chi connectivity index (χ2v) is 13.9. The molecule has 2 N–H and O–H groups in total. The zero-order chi connectivity index (χ0) is 27.6. The minimum absolute atomic E-state index is 0.0172. The molecule has 0 aromatic heterocycles. The molecule has 4 rings (SSSR count). The molecular formula is C26H34N4O5S3. The van der Waals surface area contributed by atoms with Crippen LogP contribution in [-0.4, -0.2) is 58.3 Å². The van der Waals surface area contributed by atoms with Crippen LogP contribution in [0.25, 0.3) is 5.69 Å². The highest BCUT2D eigenvalue weighted by Gasteiger charge is 2.35. The van der Waals surface area contributed by atoms with Gasteiger partial charge in [-0.05, 0) is 45.7 Å². The second kappa shape index (κ2) is 11.8. The first-order valence-electron chi connectivity index (χ1n) is 12.7. The van der Waals surface area contributed by atoms with Gasteiger partial charge in [-0.3, -0.25) is 14.1 Å². The van der Waals surface area contributed by atoms with Gasteiger partial charge in [-0.15, -0.1) is 23.1 Å². The lowest BCUT2D eigenvalue weighted by molar-refractivity contribution is -0.132. The third kappa shape index (κ3) is 6.08. The van der Waals surface area contributed by atoms with Gasteiger partial charge in [0.05, 0.1) is 15.2 Å². The van der Waals surface area contributed by atoms with Gasteiger partial charge < -0.3 is 10.0 Å². The topological polar surface area (TPSA) is 122 Å². The molecule has 0 unspecified atom stereocenters. The molecule has 1 fully saturated rings. The Morgan fingerprint density at radius 3 is 2.61 bits per heavy atom. The van der Waals surface area contributed by atoms with Crippen LogP contribution in [0.2, 0.25) is 0 Å². The zero-order valence-corrected chi connectivity index (χ0v) is 24.5. The molecule has 0 spiro atoms. The number of aromatic nitrogens is 2. The van der Waals surface area contributed by atoms with Gasteiger partial charge >= 0.3 is 5.69 Å². The van der Waals surface area contributed by atoms with Gasteiger partial charge in [0.15, 0.2) is 5.82 Å². The largest absolute Gasteiger partial charge is 0.391 e. The van der Waals surface area contributed by atoms with Crippen LogP contribution in [0.15, 0.2) is 38.2 Å². The summed E-state index contributed by atoms with van der Waals surface area (Å²) < 4.78 is 30.9. The summed E-state index contributed by atoms with van der Waals surface area (Å²) in [6.07, 6.45) is 3.22. The van der Waals surface area contributed by atoms with E-state index in [1.807, 2.05) is 13.8 Å². The molecule has 3 heterocycles. The summed E-state index contributed by atoms with van der Waals surface area (Å²) in [4.78, 5) is 32.5. The van der Waals surface area contributed by atoms with E-state index in [1.54, 1.807) is 24.0 Å². The number of aryl methyl sites for hydroxylation is 2. The van der Waals surface area contributed by atoms with Crippen LogP contribution in [0.4, 0.5) is 5.82 Å². The lowest BCUT2D eigenvalue weighted by Gasteiger charge is -2.25. The molecule has 206 valence electrons. The smallest absolute Gasteiger partial charge is 0.354 e. The molecule has 38 heavy (non-hydrogen) atoms. The van der Waals surface area contributed by atoms with Gasteiger partial charge in [0.25, 0.3) is 10.0 Å². The Kier molecular flexibility index (Phi) is 8.85. The third-order valence-corrected chi connectivity index (χ3v) is 10.8. The number of unbranched alkanes of at least 4 members (excludes halogenated alkanes) is 2. The first-order valence-corrected chi connectivity index (χ1v) is 16.0. The van der Waals surface area contributed by atoms with Gasteiger partial charge in [0, 0.05) is 35.3 Å². The molecule has 12 heteroatoms. The van der Waals surface area contributed by atoms with Crippen molar-refractivity contribution in [3.63, 3.8) is 0 Å². The summed E-state index contributed by atoms with van der Waals surface area (Å²) in [6.45, 7) is 7.99. The van der Waals surface area contributed by atoms with Gasteiger partial charge in [0.1, 0.15) is 5.69 Å². The Labute approximate surface area is 231 Å². The van der Waals surface area contributed by atoms with Crippen molar-refractivity contribution in [1.29, 1.82) is 0 Å². The quantitative estimate of drug-likeness (QED) is 0.275. The average molecular weight is 579 g/mol. The van der Waals surface area contributed by atoms with Gasteiger partial charge in [0.2, 0.25) is 5.91 Å². The monoisotopic (exact) mass is 578 g/mol. The van der Waals surface area contributed by atoms with Crippen LogP contribution in [0.1, 0.15) is 55.2 Å². The minimum atomic E-state index is -3.97. The number of fused-ring (bicyclic) bond motifs is 1. The number of anilines is 1. The summed E-state index contributed by atoms with van der Waals surface area (Å²) in [7, 11) is -3.97. The molecular weight excluding hydrogens is 545 g/mol. The van der Waals surface area contributed by atoms with Crippen molar-refractivity contribution < 1.29 is 18.3 Å². The maximum atomic E-state index is 13.1. The molecule has 0 aliphatic carbocycles. The van der Waals surface area contributed by atoms with Crippen molar-refractivity contribution in [3.8, 4) is 5.69 Å². The number of carbonyl (C=O) groups is 1. The Hall–Kier alpha value is -2.41. The van der Waals surface area contributed by atoms with Crippen LogP contribution in [0, 0.1) is 20.8 Å². The van der Waals surface area contributed by atoms with Crippen LogP contribution >= 0.6 is 23.1 Å². The number of rotatable bonds is 10.